The second-order valence-corrected chi connectivity index (χ2v) is 7.46. The highest BCUT2D eigenvalue weighted by Gasteiger charge is 2.14. The van der Waals surface area contributed by atoms with Crippen LogP contribution in [-0.4, -0.2) is 21.9 Å². The van der Waals surface area contributed by atoms with Crippen molar-refractivity contribution < 1.29 is 19.2 Å². The van der Waals surface area contributed by atoms with Crippen LogP contribution < -0.4 is 10.6 Å². The van der Waals surface area contributed by atoms with Crippen molar-refractivity contribution in [3.63, 3.8) is 0 Å². The molecule has 28 heavy (non-hydrogen) atoms. The third kappa shape index (κ3) is 5.34. The van der Waals surface area contributed by atoms with Gasteiger partial charge >= 0.3 is 11.1 Å². The van der Waals surface area contributed by atoms with E-state index in [2.05, 4.69) is 15.6 Å². The van der Waals surface area contributed by atoms with Crippen LogP contribution >= 0.6 is 22.7 Å². The van der Waals surface area contributed by atoms with Crippen molar-refractivity contribution in [3.8, 4) is 0 Å². The molecule has 2 aromatic heterocycles. The van der Waals surface area contributed by atoms with E-state index in [1.54, 1.807) is 24.3 Å². The smallest absolute Gasteiger partial charge is 0.407 e. The van der Waals surface area contributed by atoms with Gasteiger partial charge < -0.3 is 10.1 Å². The summed E-state index contributed by atoms with van der Waals surface area (Å²) >= 11 is 2.29. The van der Waals surface area contributed by atoms with Crippen molar-refractivity contribution in [2.24, 2.45) is 0 Å². The highest BCUT2D eigenvalue weighted by molar-refractivity contribution is 7.18. The molecule has 0 aliphatic carbocycles. The Labute approximate surface area is 167 Å². The Morgan fingerprint density at radius 2 is 2.00 bits per heavy atom. The van der Waals surface area contributed by atoms with Gasteiger partial charge in [0.25, 0.3) is 5.91 Å². The fraction of sp³-hybridized carbons (Fsp3) is 0.118. The summed E-state index contributed by atoms with van der Waals surface area (Å²) in [4.78, 5) is 38.7. The summed E-state index contributed by atoms with van der Waals surface area (Å²) in [6.07, 6.45) is 0.563. The molecule has 2 heterocycles. The normalized spacial score (nSPS) is 10.3. The van der Waals surface area contributed by atoms with Crippen molar-refractivity contribution in [1.82, 2.24) is 10.3 Å². The zero-order valence-corrected chi connectivity index (χ0v) is 15.9. The first-order chi connectivity index (χ1) is 13.5. The number of nitrogens with zero attached hydrogens (tertiary/aromatic N) is 2. The maximum absolute atomic E-state index is 12.2. The van der Waals surface area contributed by atoms with Gasteiger partial charge in [-0.25, -0.2) is 9.78 Å². The number of alkyl carbamates (subject to hydrolysis) is 1. The second kappa shape index (κ2) is 9.06. The summed E-state index contributed by atoms with van der Waals surface area (Å²) in [7, 11) is 0. The van der Waals surface area contributed by atoms with E-state index in [0.717, 1.165) is 28.0 Å². The highest BCUT2D eigenvalue weighted by Crippen LogP contribution is 2.25. The maximum Gasteiger partial charge on any atom is 0.407 e. The van der Waals surface area contributed by atoms with E-state index < -0.39 is 16.9 Å². The summed E-state index contributed by atoms with van der Waals surface area (Å²) in [6.45, 7) is 0.474. The Morgan fingerprint density at radius 1 is 1.21 bits per heavy atom. The molecule has 1 aromatic carbocycles. The molecular weight excluding hydrogens is 404 g/mol. The Kier molecular flexibility index (Phi) is 6.29. The number of amides is 2. The molecule has 0 saturated heterocycles. The number of nitro groups is 1. The zero-order valence-electron chi connectivity index (χ0n) is 14.3. The van der Waals surface area contributed by atoms with E-state index in [1.165, 1.54) is 11.3 Å². The molecule has 0 radical (unpaired) electrons. The minimum atomic E-state index is -0.569. The molecule has 0 fully saturated rings. The van der Waals surface area contributed by atoms with Crippen LogP contribution in [0.5, 0.6) is 0 Å². The number of rotatable bonds is 7. The number of aromatic nitrogens is 1. The number of thiophene rings is 1. The van der Waals surface area contributed by atoms with E-state index in [0.29, 0.717) is 5.56 Å². The molecule has 3 rings (SSSR count). The molecule has 144 valence electrons. The minimum Gasteiger partial charge on any atom is -0.444 e. The maximum atomic E-state index is 12.2. The molecule has 0 atom stereocenters. The minimum absolute atomic E-state index is 0.149. The average Bonchev–Trinajstić information content (AvgIpc) is 3.37. The predicted octanol–water partition coefficient (Wildman–Crippen LogP) is 3.79. The van der Waals surface area contributed by atoms with Gasteiger partial charge in [-0.15, -0.1) is 11.3 Å². The van der Waals surface area contributed by atoms with Crippen molar-refractivity contribution in [3.05, 3.63) is 74.1 Å². The molecule has 0 aliphatic rings. The van der Waals surface area contributed by atoms with Gasteiger partial charge in [0.1, 0.15) is 12.8 Å². The summed E-state index contributed by atoms with van der Waals surface area (Å²) < 4.78 is 5.10. The van der Waals surface area contributed by atoms with Gasteiger partial charge in [0.15, 0.2) is 5.13 Å². The van der Waals surface area contributed by atoms with Crippen LogP contribution in [0.1, 0.15) is 20.8 Å². The molecule has 2 amide bonds. The number of anilines is 1. The fourth-order valence-electron chi connectivity index (χ4n) is 2.11. The average molecular weight is 418 g/mol. The lowest BCUT2D eigenvalue weighted by atomic mass is 10.1. The lowest BCUT2D eigenvalue weighted by molar-refractivity contribution is -0.380. The third-order valence-electron chi connectivity index (χ3n) is 3.47. The van der Waals surface area contributed by atoms with Crippen molar-refractivity contribution in [2.45, 2.75) is 13.2 Å². The Morgan fingerprint density at radius 3 is 2.64 bits per heavy atom. The van der Waals surface area contributed by atoms with Crippen LogP contribution in [0.3, 0.4) is 0 Å². The number of carbonyl (C=O) groups is 2. The number of carbonyl (C=O) groups excluding carboxylic acids is 2. The zero-order chi connectivity index (χ0) is 19.9. The first-order valence-electron chi connectivity index (χ1n) is 7.95. The van der Waals surface area contributed by atoms with Gasteiger partial charge in [0, 0.05) is 17.0 Å². The molecule has 0 saturated carbocycles. The van der Waals surface area contributed by atoms with E-state index >= 15 is 0 Å². The molecule has 3 aromatic rings. The molecule has 2 N–H and O–H groups in total. The topological polar surface area (TPSA) is 123 Å². The molecule has 0 bridgehead atoms. The molecule has 0 spiro atoms. The van der Waals surface area contributed by atoms with Crippen LogP contribution in [-0.2, 0) is 17.9 Å². The fourth-order valence-corrected chi connectivity index (χ4v) is 3.35. The van der Waals surface area contributed by atoms with Crippen molar-refractivity contribution in [2.75, 3.05) is 5.32 Å². The number of hydrogen-bond donors (Lipinski definition) is 2. The Bertz CT molecular complexity index is 970. The first kappa shape index (κ1) is 19.5. The monoisotopic (exact) mass is 418 g/mol. The van der Waals surface area contributed by atoms with Crippen LogP contribution in [0.15, 0.2) is 48.0 Å². The van der Waals surface area contributed by atoms with Crippen molar-refractivity contribution >= 4 is 44.8 Å². The van der Waals surface area contributed by atoms with Crippen LogP contribution in [0, 0.1) is 10.1 Å². The van der Waals surface area contributed by atoms with Crippen LogP contribution in [0.25, 0.3) is 0 Å². The van der Waals surface area contributed by atoms with Crippen LogP contribution in [0.4, 0.5) is 14.9 Å². The number of benzene rings is 1. The Balaban J connectivity index is 1.47. The van der Waals surface area contributed by atoms with E-state index in [-0.39, 0.29) is 23.3 Å². The van der Waals surface area contributed by atoms with E-state index in [1.807, 2.05) is 17.5 Å². The molecular formula is C17H14N4O5S2. The second-order valence-electron chi connectivity index (χ2n) is 5.42. The van der Waals surface area contributed by atoms with Crippen molar-refractivity contribution in [1.29, 1.82) is 0 Å². The van der Waals surface area contributed by atoms with E-state index in [4.69, 9.17) is 4.74 Å². The van der Waals surface area contributed by atoms with Gasteiger partial charge in [-0.3, -0.25) is 20.2 Å². The Hall–Kier alpha value is -3.31. The van der Waals surface area contributed by atoms with Gasteiger partial charge in [-0.1, -0.05) is 18.2 Å². The largest absolute Gasteiger partial charge is 0.444 e. The summed E-state index contributed by atoms with van der Waals surface area (Å²) in [5.74, 6) is -0.431. The van der Waals surface area contributed by atoms with Gasteiger partial charge in [0.2, 0.25) is 0 Å². The molecule has 9 nitrogen and oxygen atoms in total. The lowest BCUT2D eigenvalue weighted by Crippen LogP contribution is -2.23. The SMILES string of the molecule is O=C(NCc1ccc(C(=O)Nc2ncc([N+](=O)[O-])s2)cc1)OCc1cccs1. The number of ether oxygens (including phenoxy) is 1. The molecule has 0 aliphatic heterocycles. The number of nitrogens with one attached hydrogen (secondary N) is 2. The van der Waals surface area contributed by atoms with Gasteiger partial charge in [0.05, 0.1) is 4.92 Å². The van der Waals surface area contributed by atoms with Gasteiger partial charge in [-0.05, 0) is 40.5 Å². The molecule has 11 heteroatoms. The summed E-state index contributed by atoms with van der Waals surface area (Å²) in [6, 6.07) is 10.3. The van der Waals surface area contributed by atoms with E-state index in [9.17, 15) is 19.7 Å². The van der Waals surface area contributed by atoms with Gasteiger partial charge in [-0.2, -0.15) is 0 Å². The first-order valence-corrected chi connectivity index (χ1v) is 9.64. The standard InChI is InChI=1S/C17H14N4O5S2/c22-15(20-16-18-9-14(28-16)21(24)25)12-5-3-11(4-6-12)8-19-17(23)26-10-13-2-1-7-27-13/h1-7,9H,8,10H2,(H,19,23)(H,18,20,22). The molecule has 0 unspecified atom stereocenters. The predicted molar refractivity (Wildman–Crippen MR) is 105 cm³/mol. The third-order valence-corrected chi connectivity index (χ3v) is 5.19. The lowest BCUT2D eigenvalue weighted by Gasteiger charge is -2.07. The summed E-state index contributed by atoms with van der Waals surface area (Å²) in [5, 5.41) is 17.7. The highest BCUT2D eigenvalue weighted by atomic mass is 32.1. The summed E-state index contributed by atoms with van der Waals surface area (Å²) in [5.41, 5.74) is 1.15. The van der Waals surface area contributed by atoms with Crippen LogP contribution in [0.2, 0.25) is 0 Å². The number of thiazole rings is 1. The quantitative estimate of drug-likeness (QED) is 0.444. The number of hydrogen-bond acceptors (Lipinski definition) is 8.